The molecule has 0 saturated carbocycles. The maximum atomic E-state index is 10.5. The van der Waals surface area contributed by atoms with Gasteiger partial charge in [-0.25, -0.2) is 4.79 Å². The van der Waals surface area contributed by atoms with Crippen molar-refractivity contribution in [3.63, 3.8) is 0 Å². The van der Waals surface area contributed by atoms with Crippen LogP contribution in [0.5, 0.6) is 5.75 Å². The molecule has 0 aliphatic carbocycles. The molecule has 3 N–H and O–H groups in total. The number of aromatic nitrogens is 2. The van der Waals surface area contributed by atoms with Crippen molar-refractivity contribution in [2.75, 3.05) is 38.2 Å². The van der Waals surface area contributed by atoms with E-state index in [1.807, 2.05) is 25.1 Å². The number of nitrogens with one attached hydrogen (secondary N) is 1. The van der Waals surface area contributed by atoms with Crippen molar-refractivity contribution in [1.29, 1.82) is 0 Å². The highest BCUT2D eigenvalue weighted by molar-refractivity contribution is 5.70. The number of hydrogen-bond acceptors (Lipinski definition) is 7. The molecule has 3 rings (SSSR count). The molecule has 8 heteroatoms. The topological polar surface area (TPSA) is 108 Å². The van der Waals surface area contributed by atoms with Gasteiger partial charge in [0.25, 0.3) is 0 Å². The summed E-state index contributed by atoms with van der Waals surface area (Å²) in [7, 11) is 0. The zero-order chi connectivity index (χ0) is 22.4. The van der Waals surface area contributed by atoms with E-state index in [0.717, 1.165) is 37.1 Å². The van der Waals surface area contributed by atoms with Gasteiger partial charge < -0.3 is 20.3 Å². The van der Waals surface area contributed by atoms with E-state index in [2.05, 4.69) is 34.3 Å². The Bertz CT molecular complexity index is 903. The molecule has 1 fully saturated rings. The lowest BCUT2D eigenvalue weighted by Gasteiger charge is -2.33. The second-order valence-electron chi connectivity index (χ2n) is 8.42. The summed E-state index contributed by atoms with van der Waals surface area (Å²) in [6.45, 7) is 8.84. The number of benzene rings is 1. The zero-order valence-corrected chi connectivity index (χ0v) is 18.5. The summed E-state index contributed by atoms with van der Waals surface area (Å²) >= 11 is 0. The first kappa shape index (κ1) is 23.0. The minimum atomic E-state index is -0.945. The van der Waals surface area contributed by atoms with Crippen molar-refractivity contribution < 1.29 is 19.7 Å². The third kappa shape index (κ3) is 6.38. The van der Waals surface area contributed by atoms with Gasteiger partial charge in [-0.15, -0.1) is 10.2 Å². The average Bonchev–Trinajstić information content (AvgIpc) is 2.72. The van der Waals surface area contributed by atoms with Crippen LogP contribution in [0.1, 0.15) is 43.7 Å². The summed E-state index contributed by atoms with van der Waals surface area (Å²) in [4.78, 5) is 12.8. The number of anilines is 1. The minimum absolute atomic E-state index is 0.220. The molecule has 0 amide bonds. The Morgan fingerprint density at radius 2 is 2.13 bits per heavy atom. The summed E-state index contributed by atoms with van der Waals surface area (Å²) < 4.78 is 5.15. The number of ether oxygens (including phenoxy) is 1. The van der Waals surface area contributed by atoms with Crippen molar-refractivity contribution in [3.05, 3.63) is 35.4 Å². The fourth-order valence-corrected chi connectivity index (χ4v) is 3.87. The number of rotatable bonds is 9. The van der Waals surface area contributed by atoms with E-state index in [4.69, 9.17) is 9.84 Å². The van der Waals surface area contributed by atoms with Crippen LogP contribution in [0, 0.1) is 6.92 Å². The number of hydrogen-bond donors (Lipinski definition) is 3. The van der Waals surface area contributed by atoms with E-state index in [1.54, 1.807) is 6.07 Å². The Morgan fingerprint density at radius 3 is 2.81 bits per heavy atom. The molecule has 1 aromatic carbocycles. The molecule has 31 heavy (non-hydrogen) atoms. The average molecular weight is 429 g/mol. The molecule has 1 aliphatic rings. The highest BCUT2D eigenvalue weighted by atomic mass is 16.5. The number of aromatic hydroxyl groups is 1. The van der Waals surface area contributed by atoms with Gasteiger partial charge in [-0.05, 0) is 61.6 Å². The molecule has 1 aliphatic heterocycles. The molecule has 168 valence electrons. The van der Waals surface area contributed by atoms with Crippen LogP contribution in [-0.2, 0) is 9.53 Å². The van der Waals surface area contributed by atoms with Gasteiger partial charge in [-0.2, -0.15) is 0 Å². The molecule has 2 aromatic rings. The van der Waals surface area contributed by atoms with Crippen molar-refractivity contribution in [3.8, 4) is 17.0 Å². The fourth-order valence-electron chi connectivity index (χ4n) is 3.87. The van der Waals surface area contributed by atoms with E-state index >= 15 is 0 Å². The second-order valence-corrected chi connectivity index (χ2v) is 8.42. The van der Waals surface area contributed by atoms with Crippen LogP contribution in [-0.4, -0.2) is 70.2 Å². The van der Waals surface area contributed by atoms with Gasteiger partial charge in [0.15, 0.2) is 0 Å². The van der Waals surface area contributed by atoms with Gasteiger partial charge in [-0.3, -0.25) is 4.90 Å². The van der Waals surface area contributed by atoms with Gasteiger partial charge in [0.1, 0.15) is 18.2 Å². The number of aryl methyl sites for hydroxylation is 1. The maximum absolute atomic E-state index is 10.5. The Labute approximate surface area is 183 Å². The van der Waals surface area contributed by atoms with Crippen LogP contribution in [0.4, 0.5) is 5.82 Å². The first-order valence-corrected chi connectivity index (χ1v) is 10.8. The zero-order valence-electron chi connectivity index (χ0n) is 18.5. The minimum Gasteiger partial charge on any atom is -0.507 e. The van der Waals surface area contributed by atoms with Gasteiger partial charge in [0.2, 0.25) is 0 Å². The van der Waals surface area contributed by atoms with Crippen molar-refractivity contribution >= 4 is 11.8 Å². The molecule has 1 aromatic heterocycles. The predicted octanol–water partition coefficient (Wildman–Crippen LogP) is 3.26. The van der Waals surface area contributed by atoms with E-state index in [1.165, 1.54) is 0 Å². The third-order valence-electron chi connectivity index (χ3n) is 5.56. The van der Waals surface area contributed by atoms with Crippen molar-refractivity contribution in [2.45, 2.75) is 45.6 Å². The number of likely N-dealkylation sites (tertiary alicyclic amines) is 1. The molecular weight excluding hydrogens is 396 g/mol. The summed E-state index contributed by atoms with van der Waals surface area (Å²) in [6, 6.07) is 7.92. The lowest BCUT2D eigenvalue weighted by molar-refractivity contribution is -0.142. The summed E-state index contributed by atoms with van der Waals surface area (Å²) in [6.07, 6.45) is 2.09. The van der Waals surface area contributed by atoms with E-state index < -0.39 is 5.97 Å². The summed E-state index contributed by atoms with van der Waals surface area (Å²) in [5.74, 6) is 0.336. The number of phenols is 1. The summed E-state index contributed by atoms with van der Waals surface area (Å²) in [5.41, 5.74) is 3.39. The van der Waals surface area contributed by atoms with Gasteiger partial charge in [0.05, 0.1) is 12.3 Å². The van der Waals surface area contributed by atoms with E-state index in [0.29, 0.717) is 36.1 Å². The van der Waals surface area contributed by atoms with Crippen molar-refractivity contribution in [2.24, 2.45) is 0 Å². The molecular formula is C23H32N4O4. The van der Waals surface area contributed by atoms with Gasteiger partial charge in [-0.1, -0.05) is 19.9 Å². The Hall–Kier alpha value is -2.71. The fraction of sp³-hybridized carbons (Fsp3) is 0.522. The normalized spacial score (nSPS) is 17.1. The number of carboxylic acids is 1. The third-order valence-corrected chi connectivity index (χ3v) is 5.56. The molecule has 0 unspecified atom stereocenters. The van der Waals surface area contributed by atoms with Crippen LogP contribution in [0.25, 0.3) is 11.3 Å². The van der Waals surface area contributed by atoms with Crippen LogP contribution in [0.3, 0.4) is 0 Å². The second kappa shape index (κ2) is 10.5. The standard InChI is InChI=1S/C23H32N4O4/c1-15(2)17-6-7-19(20(28)12-17)23-16(3)11-21(25-26-23)24-18-5-4-8-27(13-18)9-10-31-14-22(29)30/h6-7,11-12,15,18,28H,4-5,8-10,13-14H2,1-3H3,(H,24,25)(H,29,30)/t18-/m1/s1. The first-order chi connectivity index (χ1) is 14.8. The number of carbonyl (C=O) groups is 1. The molecule has 0 spiro atoms. The lowest BCUT2D eigenvalue weighted by Crippen LogP contribution is -2.43. The molecule has 0 radical (unpaired) electrons. The van der Waals surface area contributed by atoms with Gasteiger partial charge >= 0.3 is 5.97 Å². The molecule has 1 atom stereocenters. The monoisotopic (exact) mass is 428 g/mol. The largest absolute Gasteiger partial charge is 0.507 e. The highest BCUT2D eigenvalue weighted by Gasteiger charge is 2.21. The Morgan fingerprint density at radius 1 is 1.32 bits per heavy atom. The first-order valence-electron chi connectivity index (χ1n) is 10.8. The number of carboxylic acid groups (broad SMARTS) is 1. The molecule has 8 nitrogen and oxygen atoms in total. The van der Waals surface area contributed by atoms with Crippen LogP contribution < -0.4 is 5.32 Å². The smallest absolute Gasteiger partial charge is 0.329 e. The van der Waals surface area contributed by atoms with E-state index in [9.17, 15) is 9.90 Å². The van der Waals surface area contributed by atoms with Crippen molar-refractivity contribution in [1.82, 2.24) is 15.1 Å². The Kier molecular flexibility index (Phi) is 7.81. The van der Waals surface area contributed by atoms with E-state index in [-0.39, 0.29) is 18.4 Å². The van der Waals surface area contributed by atoms with Gasteiger partial charge in [0, 0.05) is 24.7 Å². The number of aliphatic carboxylic acids is 1. The highest BCUT2D eigenvalue weighted by Crippen LogP contribution is 2.33. The number of piperidine rings is 1. The molecule has 0 bridgehead atoms. The molecule has 2 heterocycles. The van der Waals surface area contributed by atoms with Crippen LogP contribution in [0.15, 0.2) is 24.3 Å². The Balaban J connectivity index is 1.60. The number of phenolic OH excluding ortho intramolecular Hbond substituents is 1. The lowest BCUT2D eigenvalue weighted by atomic mass is 9.98. The summed E-state index contributed by atoms with van der Waals surface area (Å²) in [5, 5.41) is 31.3. The van der Waals surface area contributed by atoms with Crippen LogP contribution in [0.2, 0.25) is 0 Å². The maximum Gasteiger partial charge on any atom is 0.329 e. The predicted molar refractivity (Wildman–Crippen MR) is 119 cm³/mol. The quantitative estimate of drug-likeness (QED) is 0.523. The SMILES string of the molecule is Cc1cc(N[C@@H]2CCCN(CCOCC(=O)O)C2)nnc1-c1ccc(C(C)C)cc1O. The van der Waals surface area contributed by atoms with Crippen LogP contribution >= 0.6 is 0 Å². The number of nitrogens with zero attached hydrogens (tertiary/aromatic N) is 3. The molecule has 1 saturated heterocycles.